The number of hydrogen-bond acceptors (Lipinski definition) is 7. The zero-order chi connectivity index (χ0) is 23.3. The summed E-state index contributed by atoms with van der Waals surface area (Å²) in [4.78, 5) is 26.6. The van der Waals surface area contributed by atoms with E-state index in [4.69, 9.17) is 4.74 Å². The van der Waals surface area contributed by atoms with Crippen LogP contribution >= 0.6 is 0 Å². The first-order valence-corrected chi connectivity index (χ1v) is 10.6. The molecule has 1 saturated heterocycles. The molecule has 2 heterocycles. The number of nitrogens with zero attached hydrogens (tertiary/aromatic N) is 1. The van der Waals surface area contributed by atoms with E-state index in [0.717, 1.165) is 30.0 Å². The number of aryl methyl sites for hydroxylation is 1. The van der Waals surface area contributed by atoms with E-state index in [1.165, 1.54) is 12.0 Å². The molecule has 0 amide bonds. The predicted molar refractivity (Wildman–Crippen MR) is 116 cm³/mol. The molecule has 32 heavy (non-hydrogen) atoms. The van der Waals surface area contributed by atoms with E-state index in [1.54, 1.807) is 0 Å². The molecule has 9 nitrogen and oxygen atoms in total. The molecule has 1 aliphatic heterocycles. The highest BCUT2D eigenvalue weighted by atomic mass is 16.6. The average molecular weight is 444 g/mol. The maximum absolute atomic E-state index is 12.3. The van der Waals surface area contributed by atoms with E-state index >= 15 is 0 Å². The van der Waals surface area contributed by atoms with Crippen molar-refractivity contribution in [1.82, 2.24) is 9.55 Å². The highest BCUT2D eigenvalue weighted by Crippen LogP contribution is 2.27. The molecule has 0 saturated carbocycles. The lowest BCUT2D eigenvalue weighted by Crippen LogP contribution is -2.58. The Bertz CT molecular complexity index is 1080. The van der Waals surface area contributed by atoms with Crippen LogP contribution in [0.3, 0.4) is 0 Å². The van der Waals surface area contributed by atoms with Gasteiger partial charge in [-0.2, -0.15) is 0 Å². The van der Waals surface area contributed by atoms with Crippen LogP contribution in [-0.2, 0) is 11.2 Å². The molecule has 3 rings (SSSR count). The quantitative estimate of drug-likeness (QED) is 0.302. The predicted octanol–water partition coefficient (Wildman–Crippen LogP) is -0.358. The number of unbranched alkanes of at least 4 members (excludes halogenated alkanes) is 2. The molecule has 5 atom stereocenters. The van der Waals surface area contributed by atoms with Crippen LogP contribution in [0.2, 0.25) is 0 Å². The second-order valence-corrected chi connectivity index (χ2v) is 7.83. The van der Waals surface area contributed by atoms with Crippen molar-refractivity contribution >= 4 is 0 Å². The Balaban J connectivity index is 1.85. The summed E-state index contributed by atoms with van der Waals surface area (Å²) in [5.74, 6) is 5.59. The smallest absolute Gasteiger partial charge is 0.330 e. The topological polar surface area (TPSA) is 145 Å². The summed E-state index contributed by atoms with van der Waals surface area (Å²) >= 11 is 0. The van der Waals surface area contributed by atoms with Gasteiger partial charge in [0.15, 0.2) is 6.23 Å². The van der Waals surface area contributed by atoms with Gasteiger partial charge in [0, 0.05) is 11.8 Å². The molecule has 172 valence electrons. The number of ether oxygens (including phenoxy) is 1. The number of hydrogen-bond donors (Lipinski definition) is 5. The summed E-state index contributed by atoms with van der Waals surface area (Å²) in [6.45, 7) is 1.52. The molecule has 1 aromatic carbocycles. The standard InChI is InChI=1S/C23H28N2O7/c1-2-3-4-5-14-6-8-15(9-7-14)10-11-16-12-25(23(31)24-21(16)30)22-20(29)19(28)18(27)17(13-26)32-22/h6-9,12,17-20,22,26-29H,2-5,13H2,1H3,(H,24,30,31)/t17-,18-,19+,20-,22-/m1/s1. The number of rotatable bonds is 6. The molecule has 1 aromatic heterocycles. The lowest BCUT2D eigenvalue weighted by Gasteiger charge is -2.40. The van der Waals surface area contributed by atoms with Gasteiger partial charge in [0.05, 0.1) is 6.61 Å². The van der Waals surface area contributed by atoms with Gasteiger partial charge in [0.1, 0.15) is 30.0 Å². The van der Waals surface area contributed by atoms with E-state index in [0.29, 0.717) is 5.56 Å². The van der Waals surface area contributed by atoms with Crippen LogP contribution in [-0.4, -0.2) is 61.0 Å². The maximum atomic E-state index is 12.3. The summed E-state index contributed by atoms with van der Waals surface area (Å²) < 4.78 is 6.27. The number of nitrogens with one attached hydrogen (secondary N) is 1. The monoisotopic (exact) mass is 444 g/mol. The Labute approximate surface area is 184 Å². The number of aromatic amines is 1. The summed E-state index contributed by atoms with van der Waals surface area (Å²) in [6.07, 6.45) is -1.94. The number of aliphatic hydroxyl groups excluding tert-OH is 4. The van der Waals surface area contributed by atoms with Crippen LogP contribution in [0.4, 0.5) is 0 Å². The van der Waals surface area contributed by atoms with Gasteiger partial charge in [-0.25, -0.2) is 4.79 Å². The second kappa shape index (κ2) is 10.7. The maximum Gasteiger partial charge on any atom is 0.330 e. The van der Waals surface area contributed by atoms with Crippen molar-refractivity contribution in [1.29, 1.82) is 0 Å². The third-order valence-electron chi connectivity index (χ3n) is 5.47. The zero-order valence-corrected chi connectivity index (χ0v) is 17.8. The van der Waals surface area contributed by atoms with Crippen molar-refractivity contribution in [3.63, 3.8) is 0 Å². The van der Waals surface area contributed by atoms with Gasteiger partial charge < -0.3 is 25.2 Å². The highest BCUT2D eigenvalue weighted by Gasteiger charge is 2.44. The Morgan fingerprint density at radius 1 is 1.03 bits per heavy atom. The van der Waals surface area contributed by atoms with Crippen LogP contribution < -0.4 is 11.2 Å². The summed E-state index contributed by atoms with van der Waals surface area (Å²) in [5.41, 5.74) is 0.252. The second-order valence-electron chi connectivity index (χ2n) is 7.83. The third kappa shape index (κ3) is 5.35. The van der Waals surface area contributed by atoms with Crippen molar-refractivity contribution in [2.24, 2.45) is 0 Å². The zero-order valence-electron chi connectivity index (χ0n) is 17.8. The minimum Gasteiger partial charge on any atom is -0.394 e. The lowest BCUT2D eigenvalue weighted by molar-refractivity contribution is -0.252. The van der Waals surface area contributed by atoms with Crippen molar-refractivity contribution in [2.45, 2.75) is 63.3 Å². The van der Waals surface area contributed by atoms with E-state index in [1.807, 2.05) is 24.3 Å². The Kier molecular flexibility index (Phi) is 8.01. The van der Waals surface area contributed by atoms with Crippen LogP contribution in [0.15, 0.2) is 40.1 Å². The molecule has 1 aliphatic rings. The average Bonchev–Trinajstić information content (AvgIpc) is 2.79. The molecule has 0 radical (unpaired) electrons. The summed E-state index contributed by atoms with van der Waals surface area (Å²) in [7, 11) is 0. The molecule has 5 N–H and O–H groups in total. The fourth-order valence-corrected chi connectivity index (χ4v) is 3.55. The lowest BCUT2D eigenvalue weighted by atomic mass is 9.98. The number of aliphatic hydroxyl groups is 4. The van der Waals surface area contributed by atoms with Crippen LogP contribution in [0.1, 0.15) is 49.1 Å². The molecule has 0 spiro atoms. The Hall–Kier alpha value is -2.74. The van der Waals surface area contributed by atoms with Gasteiger partial charge in [-0.3, -0.25) is 14.3 Å². The summed E-state index contributed by atoms with van der Waals surface area (Å²) in [6, 6.07) is 7.68. The van der Waals surface area contributed by atoms with Crippen molar-refractivity contribution < 1.29 is 25.2 Å². The van der Waals surface area contributed by atoms with Crippen LogP contribution in [0, 0.1) is 11.8 Å². The largest absolute Gasteiger partial charge is 0.394 e. The van der Waals surface area contributed by atoms with Crippen molar-refractivity contribution in [2.75, 3.05) is 6.61 Å². The first-order valence-electron chi connectivity index (χ1n) is 10.6. The van der Waals surface area contributed by atoms with Gasteiger partial charge in [-0.05, 0) is 30.5 Å². The minimum absolute atomic E-state index is 0.0476. The van der Waals surface area contributed by atoms with Gasteiger partial charge in [-0.15, -0.1) is 0 Å². The minimum atomic E-state index is -1.67. The van der Waals surface area contributed by atoms with Gasteiger partial charge >= 0.3 is 5.69 Å². The van der Waals surface area contributed by atoms with Crippen LogP contribution in [0.5, 0.6) is 0 Å². The molecule has 9 heteroatoms. The normalized spacial score (nSPS) is 25.2. The molecular weight excluding hydrogens is 416 g/mol. The van der Waals surface area contributed by atoms with E-state index < -0.39 is 48.5 Å². The molecule has 0 unspecified atom stereocenters. The molecule has 1 fully saturated rings. The van der Waals surface area contributed by atoms with Gasteiger partial charge in [0.25, 0.3) is 5.56 Å². The number of aromatic nitrogens is 2. The van der Waals surface area contributed by atoms with Crippen molar-refractivity contribution in [3.05, 3.63) is 68.0 Å². The SMILES string of the molecule is CCCCCc1ccc(C#Cc2cn([C@@H]3O[C@H](CO)[C@@H](O)[C@H](O)[C@H]3O)c(=O)[nH]c2=O)cc1. The van der Waals surface area contributed by atoms with Gasteiger partial charge in [0.2, 0.25) is 0 Å². The van der Waals surface area contributed by atoms with E-state index in [2.05, 4.69) is 23.7 Å². The Morgan fingerprint density at radius 2 is 1.75 bits per heavy atom. The van der Waals surface area contributed by atoms with Gasteiger partial charge in [-0.1, -0.05) is 43.7 Å². The van der Waals surface area contributed by atoms with E-state index in [-0.39, 0.29) is 5.56 Å². The molecule has 0 aliphatic carbocycles. The third-order valence-corrected chi connectivity index (χ3v) is 5.47. The fraction of sp³-hybridized carbons (Fsp3) is 0.478. The fourth-order valence-electron chi connectivity index (χ4n) is 3.55. The first-order chi connectivity index (χ1) is 15.3. The van der Waals surface area contributed by atoms with E-state index in [9.17, 15) is 30.0 Å². The number of H-pyrrole nitrogens is 1. The Morgan fingerprint density at radius 3 is 2.41 bits per heavy atom. The molecule has 0 bridgehead atoms. The highest BCUT2D eigenvalue weighted by molar-refractivity contribution is 5.42. The first kappa shape index (κ1) is 23.9. The molecular formula is C23H28N2O7. The molecule has 2 aromatic rings. The van der Waals surface area contributed by atoms with Crippen LogP contribution in [0.25, 0.3) is 0 Å². The summed E-state index contributed by atoms with van der Waals surface area (Å²) in [5, 5.41) is 39.5. The van der Waals surface area contributed by atoms with Crippen molar-refractivity contribution in [3.8, 4) is 11.8 Å². The number of benzene rings is 1.